The first kappa shape index (κ1) is 40.0. The minimum Gasteiger partial charge on any atom is -0.0776 e. The molecule has 1 fully saturated rings. The van der Waals surface area contributed by atoms with E-state index in [9.17, 15) is 0 Å². The minimum atomic E-state index is 0. The van der Waals surface area contributed by atoms with Crippen molar-refractivity contribution in [2.75, 3.05) is 0 Å². The molecule has 1 aliphatic rings. The van der Waals surface area contributed by atoms with Crippen LogP contribution in [0.25, 0.3) is 0 Å². The Balaban J connectivity index is -0.0000000474. The van der Waals surface area contributed by atoms with Crippen molar-refractivity contribution in [3.05, 3.63) is 36.4 Å². The van der Waals surface area contributed by atoms with Crippen LogP contribution < -0.4 is 0 Å². The molecule has 0 atom stereocenters. The van der Waals surface area contributed by atoms with Crippen molar-refractivity contribution in [3.8, 4) is 0 Å². The zero-order valence-electron chi connectivity index (χ0n) is 18.5. The van der Waals surface area contributed by atoms with Crippen LogP contribution in [0.15, 0.2) is 36.4 Å². The van der Waals surface area contributed by atoms with Crippen molar-refractivity contribution < 1.29 is 0 Å². The van der Waals surface area contributed by atoms with Gasteiger partial charge < -0.3 is 0 Å². The Bertz CT molecular complexity index is 165. The van der Waals surface area contributed by atoms with E-state index in [1.165, 1.54) is 64.2 Å². The second-order valence-corrected chi connectivity index (χ2v) is 6.10. The lowest BCUT2D eigenvalue weighted by Gasteiger charge is -2.05. The van der Waals surface area contributed by atoms with Crippen molar-refractivity contribution in [3.63, 3.8) is 0 Å². The van der Waals surface area contributed by atoms with Gasteiger partial charge in [0.1, 0.15) is 0 Å². The standard InChI is InChI=1S/C6H12.C6H6.4C3H8.2CH4/c2*1-2-4-6-5-3-1;4*1-3-2;;/h1-6H2;1-6H;4*3H2,1-2H3;2*1H4. The first-order valence-electron chi connectivity index (χ1n) is 10.7. The van der Waals surface area contributed by atoms with Gasteiger partial charge in [-0.3, -0.25) is 0 Å². The Labute approximate surface area is 171 Å². The zero-order chi connectivity index (χ0) is 19.3. The van der Waals surface area contributed by atoms with Crippen LogP contribution in [0, 0.1) is 0 Å². The minimum absolute atomic E-state index is 0. The summed E-state index contributed by atoms with van der Waals surface area (Å²) in [5.41, 5.74) is 0. The molecule has 0 spiro atoms. The number of hydrogen-bond donors (Lipinski definition) is 0. The van der Waals surface area contributed by atoms with E-state index in [0.29, 0.717) is 0 Å². The predicted octanol–water partition coefficient (Wildman–Crippen LogP) is 11.0. The Morgan fingerprint density at radius 1 is 0.346 bits per heavy atom. The SMILES string of the molecule is C.C.C1CCCCC1.CCC.CCC.CCC.CCC.c1ccccc1. The highest BCUT2D eigenvalue weighted by Gasteiger charge is 1.95. The largest absolute Gasteiger partial charge is 0.0776 e. The van der Waals surface area contributed by atoms with Gasteiger partial charge in [-0.1, -0.05) is 171 Å². The maximum Gasteiger partial charge on any atom is -0.0533 e. The van der Waals surface area contributed by atoms with Gasteiger partial charge in [-0.2, -0.15) is 0 Å². The van der Waals surface area contributed by atoms with Crippen LogP contribution >= 0.6 is 0 Å². The molecule has 0 nitrogen and oxygen atoms in total. The van der Waals surface area contributed by atoms with Crippen LogP contribution in [0.2, 0.25) is 0 Å². The lowest BCUT2D eigenvalue weighted by molar-refractivity contribution is 0.504. The average Bonchev–Trinajstić information content (AvgIpc) is 2.61. The Hall–Kier alpha value is -0.780. The van der Waals surface area contributed by atoms with E-state index in [4.69, 9.17) is 0 Å². The van der Waals surface area contributed by atoms with Gasteiger partial charge in [0.2, 0.25) is 0 Å². The van der Waals surface area contributed by atoms with E-state index in [0.717, 1.165) is 0 Å². The molecule has 1 aliphatic carbocycles. The van der Waals surface area contributed by atoms with Gasteiger partial charge in [0, 0.05) is 0 Å². The predicted molar refractivity (Wildman–Crippen MR) is 131 cm³/mol. The summed E-state index contributed by atoms with van der Waals surface area (Å²) < 4.78 is 0. The molecular weight excluding hydrogens is 312 g/mol. The number of hydrogen-bond acceptors (Lipinski definition) is 0. The fraction of sp³-hybridized carbons (Fsp3) is 0.769. The Morgan fingerprint density at radius 3 is 0.500 bits per heavy atom. The maximum atomic E-state index is 2.12. The van der Waals surface area contributed by atoms with Gasteiger partial charge >= 0.3 is 0 Å². The third kappa shape index (κ3) is 91.1. The van der Waals surface area contributed by atoms with Crippen LogP contribution in [0.3, 0.4) is 0 Å². The summed E-state index contributed by atoms with van der Waals surface area (Å²) in [5.74, 6) is 0. The molecule has 0 heteroatoms. The third-order valence-electron chi connectivity index (χ3n) is 2.17. The molecule has 0 N–H and O–H groups in total. The second kappa shape index (κ2) is 56.4. The molecule has 162 valence electrons. The molecule has 2 rings (SSSR count). The molecule has 0 heterocycles. The third-order valence-corrected chi connectivity index (χ3v) is 2.17. The van der Waals surface area contributed by atoms with E-state index >= 15 is 0 Å². The van der Waals surface area contributed by atoms with Crippen molar-refractivity contribution in [1.82, 2.24) is 0 Å². The van der Waals surface area contributed by atoms with Gasteiger partial charge in [0.15, 0.2) is 0 Å². The van der Waals surface area contributed by atoms with Crippen LogP contribution in [-0.4, -0.2) is 0 Å². The molecule has 0 aliphatic heterocycles. The molecule has 0 radical (unpaired) electrons. The van der Waals surface area contributed by atoms with Crippen LogP contribution in [0.4, 0.5) is 0 Å². The fourth-order valence-electron chi connectivity index (χ4n) is 1.45. The summed E-state index contributed by atoms with van der Waals surface area (Å²) in [4.78, 5) is 0. The molecule has 0 bridgehead atoms. The normalized spacial score (nSPS) is 10.2. The highest BCUT2D eigenvalue weighted by Crippen LogP contribution is 2.15. The molecule has 0 unspecified atom stereocenters. The van der Waals surface area contributed by atoms with Gasteiger partial charge in [-0.05, 0) is 0 Å². The quantitative estimate of drug-likeness (QED) is 0.426. The lowest BCUT2D eigenvalue weighted by Crippen LogP contribution is -1.85. The highest BCUT2D eigenvalue weighted by molar-refractivity contribution is 4.99. The van der Waals surface area contributed by atoms with E-state index in [1.54, 1.807) is 0 Å². The summed E-state index contributed by atoms with van der Waals surface area (Å²) in [6.07, 6.45) is 14.0. The van der Waals surface area contributed by atoms with Gasteiger partial charge in [0.25, 0.3) is 0 Å². The summed E-state index contributed by atoms with van der Waals surface area (Å²) in [7, 11) is 0. The molecule has 1 aromatic rings. The molecule has 0 amide bonds. The van der Waals surface area contributed by atoms with Crippen LogP contribution in [-0.2, 0) is 0 Å². The molecule has 0 saturated heterocycles. The van der Waals surface area contributed by atoms with Gasteiger partial charge in [0.05, 0.1) is 0 Å². The van der Waals surface area contributed by atoms with Crippen molar-refractivity contribution in [2.45, 2.75) is 134 Å². The van der Waals surface area contributed by atoms with E-state index in [-0.39, 0.29) is 14.9 Å². The molecule has 1 saturated carbocycles. The van der Waals surface area contributed by atoms with Crippen molar-refractivity contribution >= 4 is 0 Å². The summed E-state index contributed by atoms with van der Waals surface area (Å²) in [6.45, 7) is 17.0. The summed E-state index contributed by atoms with van der Waals surface area (Å²) in [5, 5.41) is 0. The van der Waals surface area contributed by atoms with E-state index in [2.05, 4.69) is 55.4 Å². The van der Waals surface area contributed by atoms with Crippen molar-refractivity contribution in [1.29, 1.82) is 0 Å². The van der Waals surface area contributed by atoms with Crippen LogP contribution in [0.5, 0.6) is 0 Å². The summed E-state index contributed by atoms with van der Waals surface area (Å²) in [6, 6.07) is 12.0. The zero-order valence-corrected chi connectivity index (χ0v) is 18.5. The smallest absolute Gasteiger partial charge is 0.0533 e. The van der Waals surface area contributed by atoms with Crippen molar-refractivity contribution in [2.24, 2.45) is 0 Å². The van der Waals surface area contributed by atoms with Gasteiger partial charge in [-0.15, -0.1) is 0 Å². The Morgan fingerprint density at radius 2 is 0.423 bits per heavy atom. The van der Waals surface area contributed by atoms with Gasteiger partial charge in [-0.25, -0.2) is 0 Å². The number of benzene rings is 1. The highest BCUT2D eigenvalue weighted by atomic mass is 14.0. The molecular formula is C26H58. The summed E-state index contributed by atoms with van der Waals surface area (Å²) >= 11 is 0. The Kier molecular flexibility index (Phi) is 86.8. The van der Waals surface area contributed by atoms with E-state index in [1.807, 2.05) is 36.4 Å². The monoisotopic (exact) mass is 370 g/mol. The topological polar surface area (TPSA) is 0 Å². The molecule has 0 aromatic heterocycles. The van der Waals surface area contributed by atoms with Crippen LogP contribution in [0.1, 0.15) is 134 Å². The second-order valence-electron chi connectivity index (χ2n) is 6.10. The first-order chi connectivity index (χ1) is 11.7. The average molecular weight is 371 g/mol. The first-order valence-corrected chi connectivity index (χ1v) is 10.7. The maximum absolute atomic E-state index is 2.12. The van der Waals surface area contributed by atoms with E-state index < -0.39 is 0 Å². The molecule has 1 aromatic carbocycles. The molecule has 26 heavy (non-hydrogen) atoms. The fourth-order valence-corrected chi connectivity index (χ4v) is 1.45. The lowest BCUT2D eigenvalue weighted by atomic mass is 10.0. The number of rotatable bonds is 0.